The van der Waals surface area contributed by atoms with Gasteiger partial charge in [0.05, 0.1) is 30.5 Å². The summed E-state index contributed by atoms with van der Waals surface area (Å²) in [6.07, 6.45) is 16.2. The minimum atomic E-state index is -0.733. The summed E-state index contributed by atoms with van der Waals surface area (Å²) in [5.74, 6) is 0.469. The summed E-state index contributed by atoms with van der Waals surface area (Å²) >= 11 is 0. The van der Waals surface area contributed by atoms with Crippen LogP contribution in [0.25, 0.3) is 0 Å². The lowest BCUT2D eigenvalue weighted by Crippen LogP contribution is -2.34. The van der Waals surface area contributed by atoms with E-state index < -0.39 is 17.8 Å². The zero-order chi connectivity index (χ0) is 24.2. The van der Waals surface area contributed by atoms with Crippen molar-refractivity contribution in [3.8, 4) is 0 Å². The third-order valence-corrected chi connectivity index (χ3v) is 8.41. The second kappa shape index (κ2) is 10.9. The van der Waals surface area contributed by atoms with Crippen molar-refractivity contribution >= 4 is 0 Å². The van der Waals surface area contributed by atoms with E-state index in [1.165, 1.54) is 11.1 Å². The van der Waals surface area contributed by atoms with E-state index in [-0.39, 0.29) is 11.5 Å². The summed E-state index contributed by atoms with van der Waals surface area (Å²) in [5.41, 5.74) is 3.93. The van der Waals surface area contributed by atoms with E-state index in [2.05, 4.69) is 38.7 Å². The van der Waals surface area contributed by atoms with Crippen LogP contribution in [0.5, 0.6) is 0 Å². The number of hydrogen-bond acceptors (Lipinski definition) is 4. The van der Waals surface area contributed by atoms with E-state index in [0.29, 0.717) is 38.2 Å². The monoisotopic (exact) mass is 456 g/mol. The van der Waals surface area contributed by atoms with Gasteiger partial charge < -0.3 is 20.1 Å². The van der Waals surface area contributed by atoms with Crippen LogP contribution in [0.1, 0.15) is 79.1 Å². The summed E-state index contributed by atoms with van der Waals surface area (Å²) in [6.45, 7) is 13.1. The quantitative estimate of drug-likeness (QED) is 0.418. The smallest absolute Gasteiger partial charge is 0.0823 e. The van der Waals surface area contributed by atoms with Gasteiger partial charge in [0.15, 0.2) is 0 Å². The third-order valence-electron chi connectivity index (χ3n) is 8.41. The minimum absolute atomic E-state index is 0.0436. The molecule has 0 aromatic carbocycles. The Morgan fingerprint density at radius 2 is 2.00 bits per heavy atom. The van der Waals surface area contributed by atoms with Gasteiger partial charge in [0, 0.05) is 6.42 Å². The largest absolute Gasteiger partial charge is 0.393 e. The molecule has 33 heavy (non-hydrogen) atoms. The molecule has 0 spiro atoms. The minimum Gasteiger partial charge on any atom is -0.393 e. The standard InChI is InChI=1S/C29H44O4/c1-6-29(32,7-2)16-9-17-33-21(4)25-13-14-26-22(10-8-15-28(25,26)5)11-12-23-18-24(30)19-27(31)20(23)3/h9,11-13,16,21,24,26-27,30-32H,3,6-8,10,14-15,17-19H2,1-2,4-5H3/b16-9+,22-11?,23-12?/t21-,24-,26+,27+,28-/m1/s1. The summed E-state index contributed by atoms with van der Waals surface area (Å²) in [5, 5.41) is 30.6. The van der Waals surface area contributed by atoms with Crippen molar-refractivity contribution in [2.24, 2.45) is 11.3 Å². The fraction of sp³-hybridized carbons (Fsp3) is 0.655. The zero-order valence-electron chi connectivity index (χ0n) is 21.0. The highest BCUT2D eigenvalue weighted by Crippen LogP contribution is 2.55. The molecule has 5 atom stereocenters. The molecule has 0 aromatic rings. The van der Waals surface area contributed by atoms with Gasteiger partial charge in [-0.25, -0.2) is 0 Å². The van der Waals surface area contributed by atoms with E-state index in [1.807, 2.05) is 26.0 Å². The highest BCUT2D eigenvalue weighted by Gasteiger charge is 2.46. The average molecular weight is 457 g/mol. The van der Waals surface area contributed by atoms with Gasteiger partial charge in [-0.2, -0.15) is 0 Å². The van der Waals surface area contributed by atoms with Gasteiger partial charge in [0.2, 0.25) is 0 Å². The number of aliphatic hydroxyl groups is 3. The first kappa shape index (κ1) is 26.2. The van der Waals surface area contributed by atoms with Crippen LogP contribution in [0, 0.1) is 11.3 Å². The maximum atomic E-state index is 10.4. The maximum absolute atomic E-state index is 10.4. The molecule has 3 N–H and O–H groups in total. The van der Waals surface area contributed by atoms with Crippen LogP contribution in [0.3, 0.4) is 0 Å². The number of aliphatic hydroxyl groups excluding tert-OH is 2. The number of fused-ring (bicyclic) bond motifs is 1. The van der Waals surface area contributed by atoms with Gasteiger partial charge in [-0.05, 0) is 79.9 Å². The van der Waals surface area contributed by atoms with Gasteiger partial charge in [0.1, 0.15) is 0 Å². The van der Waals surface area contributed by atoms with Gasteiger partial charge in [-0.15, -0.1) is 0 Å². The van der Waals surface area contributed by atoms with Gasteiger partial charge >= 0.3 is 0 Å². The first-order valence-electron chi connectivity index (χ1n) is 12.8. The molecule has 0 amide bonds. The van der Waals surface area contributed by atoms with E-state index >= 15 is 0 Å². The van der Waals surface area contributed by atoms with E-state index in [9.17, 15) is 15.3 Å². The molecule has 2 fully saturated rings. The van der Waals surface area contributed by atoms with Crippen molar-refractivity contribution in [3.63, 3.8) is 0 Å². The molecule has 4 heteroatoms. The summed E-state index contributed by atoms with van der Waals surface area (Å²) in [7, 11) is 0. The summed E-state index contributed by atoms with van der Waals surface area (Å²) < 4.78 is 6.19. The van der Waals surface area contributed by atoms with Crippen LogP contribution >= 0.6 is 0 Å². The topological polar surface area (TPSA) is 69.9 Å². The fourth-order valence-electron chi connectivity index (χ4n) is 5.99. The van der Waals surface area contributed by atoms with E-state index in [4.69, 9.17) is 4.74 Å². The SMILES string of the molecule is C=C1C(=CC=C2CCC[C@]3(C)C([C@@H](C)OC/C=C/C(O)(CC)CC)=CC[C@@H]23)C[C@@H](O)C[C@@H]1O. The lowest BCUT2D eigenvalue weighted by atomic mass is 9.63. The van der Waals surface area contributed by atoms with E-state index in [0.717, 1.165) is 36.8 Å². The predicted octanol–water partition coefficient (Wildman–Crippen LogP) is 5.56. The first-order valence-corrected chi connectivity index (χ1v) is 12.8. The van der Waals surface area contributed by atoms with Gasteiger partial charge in [0.25, 0.3) is 0 Å². The van der Waals surface area contributed by atoms with Gasteiger partial charge in [-0.3, -0.25) is 0 Å². The summed E-state index contributed by atoms with van der Waals surface area (Å²) in [6, 6.07) is 0. The Balaban J connectivity index is 1.67. The number of hydrogen-bond donors (Lipinski definition) is 3. The van der Waals surface area contributed by atoms with Crippen molar-refractivity contribution < 1.29 is 20.1 Å². The number of allylic oxidation sites excluding steroid dienone is 4. The molecule has 184 valence electrons. The molecular formula is C29H44O4. The molecule has 4 nitrogen and oxygen atoms in total. The highest BCUT2D eigenvalue weighted by molar-refractivity contribution is 5.40. The Labute approximate surface area is 200 Å². The molecule has 2 saturated carbocycles. The zero-order valence-corrected chi connectivity index (χ0v) is 21.0. The molecule has 0 aliphatic heterocycles. The maximum Gasteiger partial charge on any atom is 0.0823 e. The lowest BCUT2D eigenvalue weighted by molar-refractivity contribution is 0.0739. The fourth-order valence-corrected chi connectivity index (χ4v) is 5.99. The predicted molar refractivity (Wildman–Crippen MR) is 135 cm³/mol. The molecular weight excluding hydrogens is 412 g/mol. The molecule has 0 unspecified atom stereocenters. The molecule has 3 aliphatic carbocycles. The van der Waals surface area contributed by atoms with Crippen LogP contribution in [-0.2, 0) is 4.74 Å². The van der Waals surface area contributed by atoms with Gasteiger partial charge in [-0.1, -0.05) is 63.3 Å². The second-order valence-corrected chi connectivity index (χ2v) is 10.5. The Morgan fingerprint density at radius 1 is 1.27 bits per heavy atom. The average Bonchev–Trinajstić information content (AvgIpc) is 3.15. The van der Waals surface area contributed by atoms with Crippen LogP contribution in [0.15, 0.2) is 59.3 Å². The van der Waals surface area contributed by atoms with Crippen molar-refractivity contribution in [2.75, 3.05) is 6.61 Å². The second-order valence-electron chi connectivity index (χ2n) is 10.5. The van der Waals surface area contributed by atoms with Crippen LogP contribution in [-0.4, -0.2) is 45.8 Å². The first-order chi connectivity index (χ1) is 15.6. The van der Waals surface area contributed by atoms with Crippen molar-refractivity contribution in [1.82, 2.24) is 0 Å². The molecule has 3 rings (SSSR count). The Bertz CT molecular complexity index is 829. The van der Waals surface area contributed by atoms with E-state index in [1.54, 1.807) is 0 Å². The van der Waals surface area contributed by atoms with Crippen LogP contribution in [0.4, 0.5) is 0 Å². The number of rotatable bonds is 8. The van der Waals surface area contributed by atoms with Crippen LogP contribution < -0.4 is 0 Å². The molecule has 3 aliphatic rings. The molecule has 0 bridgehead atoms. The normalized spacial score (nSPS) is 34.2. The Kier molecular flexibility index (Phi) is 8.60. The third kappa shape index (κ3) is 5.79. The molecule has 0 aromatic heterocycles. The highest BCUT2D eigenvalue weighted by atomic mass is 16.5. The van der Waals surface area contributed by atoms with Crippen molar-refractivity contribution in [1.29, 1.82) is 0 Å². The molecule has 0 saturated heterocycles. The number of ether oxygens (including phenoxy) is 1. The Hall–Kier alpha value is -1.46. The van der Waals surface area contributed by atoms with Crippen molar-refractivity contribution in [2.45, 2.75) is 103 Å². The molecule has 0 heterocycles. The summed E-state index contributed by atoms with van der Waals surface area (Å²) in [4.78, 5) is 0. The van der Waals surface area contributed by atoms with Crippen molar-refractivity contribution in [3.05, 3.63) is 59.3 Å². The van der Waals surface area contributed by atoms with Crippen LogP contribution in [0.2, 0.25) is 0 Å². The Morgan fingerprint density at radius 3 is 2.70 bits per heavy atom. The molecule has 0 radical (unpaired) electrons. The lowest BCUT2D eigenvalue weighted by Gasteiger charge is -2.42.